The minimum atomic E-state index is -0.706. The predicted octanol–water partition coefficient (Wildman–Crippen LogP) is 3.27. The summed E-state index contributed by atoms with van der Waals surface area (Å²) in [6, 6.07) is 0. The molecular weight excluding hydrogens is 232 g/mol. The highest BCUT2D eigenvalue weighted by Gasteiger charge is 2.05. The fourth-order valence-corrected chi connectivity index (χ4v) is 0.701. The number of carbonyl (C=O) groups is 2. The van der Waals surface area contributed by atoms with Crippen LogP contribution in [0.1, 0.15) is 47.5 Å². The zero-order valence-electron chi connectivity index (χ0n) is 12.1. The number of carbonyl (C=O) groups excluding carboxylic acids is 1. The Hall–Kier alpha value is -1.32. The number of aliphatic carboxylic acids is 1. The molecule has 1 N–H and O–H groups in total. The van der Waals surface area contributed by atoms with Gasteiger partial charge in [-0.25, -0.2) is 4.79 Å². The number of allylic oxidation sites excluding steroid dienone is 1. The van der Waals surface area contributed by atoms with Crippen molar-refractivity contribution < 1.29 is 19.4 Å². The third-order valence-corrected chi connectivity index (χ3v) is 2.54. The van der Waals surface area contributed by atoms with Gasteiger partial charge in [0.25, 0.3) is 0 Å². The van der Waals surface area contributed by atoms with E-state index in [1.807, 2.05) is 6.92 Å². The Morgan fingerprint density at radius 3 is 2.06 bits per heavy atom. The summed E-state index contributed by atoms with van der Waals surface area (Å²) in [4.78, 5) is 20.7. The van der Waals surface area contributed by atoms with Crippen molar-refractivity contribution in [3.63, 3.8) is 0 Å². The van der Waals surface area contributed by atoms with E-state index in [0.717, 1.165) is 12.8 Å². The van der Waals surface area contributed by atoms with Crippen LogP contribution in [0.15, 0.2) is 12.2 Å². The molecule has 2 unspecified atom stereocenters. The van der Waals surface area contributed by atoms with Crippen molar-refractivity contribution in [3.05, 3.63) is 12.2 Å². The molecule has 0 aromatic heterocycles. The van der Waals surface area contributed by atoms with Gasteiger partial charge in [-0.15, -0.1) is 0 Å². The van der Waals surface area contributed by atoms with Gasteiger partial charge >= 0.3 is 11.9 Å². The second-order valence-corrected chi connectivity index (χ2v) is 4.29. The van der Waals surface area contributed by atoms with Crippen LogP contribution in [-0.4, -0.2) is 23.7 Å². The molecule has 0 radical (unpaired) electrons. The highest BCUT2D eigenvalue weighted by Crippen LogP contribution is 2.00. The minimum absolute atomic E-state index is 0.181. The van der Waals surface area contributed by atoms with Crippen molar-refractivity contribution in [1.82, 2.24) is 0 Å². The fraction of sp³-hybridized carbons (Fsp3) is 0.714. The van der Waals surface area contributed by atoms with Gasteiger partial charge in [0.1, 0.15) is 0 Å². The Bertz CT molecular complexity index is 259. The molecule has 106 valence electrons. The van der Waals surface area contributed by atoms with E-state index in [4.69, 9.17) is 9.84 Å². The maximum absolute atomic E-state index is 10.8. The molecule has 0 aliphatic carbocycles. The summed E-state index contributed by atoms with van der Waals surface area (Å²) in [5.41, 5.74) is 0. The van der Waals surface area contributed by atoms with Crippen LogP contribution in [0.25, 0.3) is 0 Å². The number of carboxylic acids is 1. The molecule has 0 spiro atoms. The van der Waals surface area contributed by atoms with Crippen molar-refractivity contribution in [3.8, 4) is 0 Å². The van der Waals surface area contributed by atoms with Gasteiger partial charge < -0.3 is 9.84 Å². The molecule has 0 aliphatic heterocycles. The summed E-state index contributed by atoms with van der Waals surface area (Å²) in [6.45, 7) is 10.0. The van der Waals surface area contributed by atoms with Crippen LogP contribution >= 0.6 is 0 Å². The first-order valence-electron chi connectivity index (χ1n) is 6.41. The molecule has 18 heavy (non-hydrogen) atoms. The van der Waals surface area contributed by atoms with Crippen LogP contribution in [0, 0.1) is 11.8 Å². The lowest BCUT2D eigenvalue weighted by Crippen LogP contribution is -2.08. The first kappa shape index (κ1) is 19.0. The topological polar surface area (TPSA) is 63.6 Å². The van der Waals surface area contributed by atoms with E-state index in [9.17, 15) is 9.59 Å². The van der Waals surface area contributed by atoms with Crippen molar-refractivity contribution in [2.45, 2.75) is 47.5 Å². The lowest BCUT2D eigenvalue weighted by atomic mass is 10.1. The Labute approximate surface area is 110 Å². The first-order valence-corrected chi connectivity index (χ1v) is 6.41. The highest BCUT2D eigenvalue weighted by molar-refractivity contribution is 5.81. The maximum atomic E-state index is 10.8. The zero-order valence-corrected chi connectivity index (χ0v) is 12.1. The molecule has 0 aromatic rings. The monoisotopic (exact) mass is 258 g/mol. The lowest BCUT2D eigenvalue weighted by molar-refractivity contribution is -0.141. The van der Waals surface area contributed by atoms with Gasteiger partial charge in [0, 0.05) is 6.08 Å². The van der Waals surface area contributed by atoms with Crippen LogP contribution in [-0.2, 0) is 14.3 Å². The molecule has 0 saturated carbocycles. The van der Waals surface area contributed by atoms with Crippen molar-refractivity contribution in [2.24, 2.45) is 11.8 Å². The van der Waals surface area contributed by atoms with Gasteiger partial charge in [-0.2, -0.15) is 0 Å². The van der Waals surface area contributed by atoms with Gasteiger partial charge in [0.15, 0.2) is 0 Å². The average molecular weight is 258 g/mol. The molecule has 0 aromatic carbocycles. The number of ether oxygens (including phenoxy) is 1. The van der Waals surface area contributed by atoms with Gasteiger partial charge in [-0.05, 0) is 19.3 Å². The molecule has 4 heteroatoms. The third kappa shape index (κ3) is 12.7. The van der Waals surface area contributed by atoms with Gasteiger partial charge in [-0.1, -0.05) is 40.2 Å². The smallest absolute Gasteiger partial charge is 0.330 e. The predicted molar refractivity (Wildman–Crippen MR) is 72.3 cm³/mol. The fourth-order valence-electron chi connectivity index (χ4n) is 0.701. The van der Waals surface area contributed by atoms with Crippen LogP contribution < -0.4 is 0 Å². The Morgan fingerprint density at radius 1 is 1.22 bits per heavy atom. The Morgan fingerprint density at radius 2 is 1.78 bits per heavy atom. The Kier molecular flexibility index (Phi) is 12.8. The van der Waals surface area contributed by atoms with Crippen LogP contribution in [0.4, 0.5) is 0 Å². The molecule has 0 saturated heterocycles. The second-order valence-electron chi connectivity index (χ2n) is 4.29. The van der Waals surface area contributed by atoms with Crippen LogP contribution in [0.2, 0.25) is 0 Å². The summed E-state index contributed by atoms with van der Waals surface area (Å²) >= 11 is 0. The molecule has 2 atom stereocenters. The maximum Gasteiger partial charge on any atom is 0.330 e. The van der Waals surface area contributed by atoms with Crippen molar-refractivity contribution in [2.75, 3.05) is 6.61 Å². The number of hydrogen-bond acceptors (Lipinski definition) is 3. The summed E-state index contributed by atoms with van der Waals surface area (Å²) in [5, 5.41) is 8.18. The van der Waals surface area contributed by atoms with E-state index in [1.165, 1.54) is 6.08 Å². The van der Waals surface area contributed by atoms with Crippen molar-refractivity contribution >= 4 is 11.9 Å². The zero-order chi connectivity index (χ0) is 14.6. The molecule has 0 heterocycles. The van der Waals surface area contributed by atoms with E-state index in [2.05, 4.69) is 13.8 Å². The van der Waals surface area contributed by atoms with Gasteiger partial charge in [0.05, 0.1) is 12.5 Å². The van der Waals surface area contributed by atoms with E-state index >= 15 is 0 Å². The largest absolute Gasteiger partial charge is 0.481 e. The molecule has 0 amide bonds. The molecule has 0 aliphatic rings. The van der Waals surface area contributed by atoms with E-state index in [1.54, 1.807) is 19.9 Å². The summed E-state index contributed by atoms with van der Waals surface area (Å²) in [6.07, 6.45) is 4.87. The molecule has 4 nitrogen and oxygen atoms in total. The molecule has 0 bridgehead atoms. The minimum Gasteiger partial charge on any atom is -0.481 e. The highest BCUT2D eigenvalue weighted by atomic mass is 16.5. The number of esters is 1. The van der Waals surface area contributed by atoms with Gasteiger partial charge in [-0.3, -0.25) is 4.79 Å². The van der Waals surface area contributed by atoms with E-state index in [0.29, 0.717) is 12.5 Å². The van der Waals surface area contributed by atoms with Crippen molar-refractivity contribution in [1.29, 1.82) is 0 Å². The number of hydrogen-bond donors (Lipinski definition) is 1. The summed E-state index contributed by atoms with van der Waals surface area (Å²) < 4.78 is 4.91. The summed E-state index contributed by atoms with van der Waals surface area (Å²) in [7, 11) is 0. The number of rotatable bonds is 6. The van der Waals surface area contributed by atoms with E-state index in [-0.39, 0.29) is 11.9 Å². The average Bonchev–Trinajstić information content (AvgIpc) is 2.35. The molecular formula is C14H26O4. The SMILES string of the molecule is CC=CC(=O)OCC(C)CC.CCC(C)C(=O)O. The number of carboxylic acid groups (broad SMARTS) is 1. The first-order chi connectivity index (χ1) is 8.38. The Balaban J connectivity index is 0. The normalized spacial score (nSPS) is 13.4. The second kappa shape index (κ2) is 12.1. The van der Waals surface area contributed by atoms with Crippen LogP contribution in [0.5, 0.6) is 0 Å². The molecule has 0 rings (SSSR count). The van der Waals surface area contributed by atoms with E-state index < -0.39 is 5.97 Å². The third-order valence-electron chi connectivity index (χ3n) is 2.54. The van der Waals surface area contributed by atoms with Gasteiger partial charge in [0.2, 0.25) is 0 Å². The standard InChI is InChI=1S/C9H16O2.C5H10O2/c1-4-6-9(10)11-7-8(3)5-2;1-3-4(2)5(6)7/h4,6,8H,5,7H2,1-3H3;4H,3H2,1-2H3,(H,6,7). The molecule has 0 fully saturated rings. The summed E-state index contributed by atoms with van der Waals surface area (Å²) in [5.74, 6) is -0.667. The van der Waals surface area contributed by atoms with Crippen LogP contribution in [0.3, 0.4) is 0 Å². The lowest BCUT2D eigenvalue weighted by Gasteiger charge is -2.06. The quantitative estimate of drug-likeness (QED) is 0.586.